The molecule has 5 heteroatoms. The monoisotopic (exact) mass is 291 g/mol. The van der Waals surface area contributed by atoms with Gasteiger partial charge in [0.1, 0.15) is 12.2 Å². The minimum Gasteiger partial charge on any atom is -0.389 e. The Morgan fingerprint density at radius 1 is 1.19 bits per heavy atom. The van der Waals surface area contributed by atoms with Gasteiger partial charge in [0.2, 0.25) is 0 Å². The van der Waals surface area contributed by atoms with Crippen LogP contribution in [0.3, 0.4) is 0 Å². The van der Waals surface area contributed by atoms with Crippen LogP contribution < -0.4 is 0 Å². The number of aliphatic hydroxyl groups is 1. The summed E-state index contributed by atoms with van der Waals surface area (Å²) < 4.78 is 17.7. The fourth-order valence-corrected chi connectivity index (χ4v) is 3.70. The standard InChI is InChI=1S/C16H21NO4/c1-16(2)20-14-12-13(19-15(14)21-16)11(18)9-17(12)8-10-6-4-3-5-7-10/h3-7,11-15,18H,8-9H2,1-2H3/t11-,12-,13-,14-,15-/m1/s1. The smallest absolute Gasteiger partial charge is 0.189 e. The summed E-state index contributed by atoms with van der Waals surface area (Å²) in [4.78, 5) is 2.25. The zero-order chi connectivity index (χ0) is 14.6. The van der Waals surface area contributed by atoms with E-state index in [0.29, 0.717) is 6.54 Å². The highest BCUT2D eigenvalue weighted by Crippen LogP contribution is 2.43. The van der Waals surface area contributed by atoms with Gasteiger partial charge in [0.15, 0.2) is 12.1 Å². The Balaban J connectivity index is 1.56. The second-order valence-corrected chi connectivity index (χ2v) is 6.54. The van der Waals surface area contributed by atoms with Gasteiger partial charge in [-0.05, 0) is 19.4 Å². The van der Waals surface area contributed by atoms with E-state index in [1.165, 1.54) is 5.56 Å². The number of β-amino-alcohol motifs (C(OH)–C–C–N with tert-alkyl or cyclic N) is 1. The van der Waals surface area contributed by atoms with Crippen LogP contribution in [-0.2, 0) is 20.8 Å². The molecule has 0 bridgehead atoms. The van der Waals surface area contributed by atoms with Gasteiger partial charge in [0.25, 0.3) is 0 Å². The molecule has 0 unspecified atom stereocenters. The molecule has 3 heterocycles. The average Bonchev–Trinajstić information content (AvgIpc) is 3.00. The van der Waals surface area contributed by atoms with Gasteiger partial charge in [-0.1, -0.05) is 30.3 Å². The van der Waals surface area contributed by atoms with Crippen LogP contribution in [0.5, 0.6) is 0 Å². The number of likely N-dealkylation sites (tertiary alicyclic amines) is 1. The molecule has 1 aromatic rings. The van der Waals surface area contributed by atoms with E-state index < -0.39 is 11.9 Å². The zero-order valence-corrected chi connectivity index (χ0v) is 12.3. The Morgan fingerprint density at radius 2 is 1.95 bits per heavy atom. The number of fused-ring (bicyclic) bond motifs is 3. The minimum absolute atomic E-state index is 0.0481. The summed E-state index contributed by atoms with van der Waals surface area (Å²) in [5.74, 6) is -0.619. The molecular weight excluding hydrogens is 270 g/mol. The highest BCUT2D eigenvalue weighted by molar-refractivity contribution is 5.16. The fraction of sp³-hybridized carbons (Fsp3) is 0.625. The van der Waals surface area contributed by atoms with E-state index in [4.69, 9.17) is 14.2 Å². The van der Waals surface area contributed by atoms with E-state index in [-0.39, 0.29) is 24.5 Å². The van der Waals surface area contributed by atoms with Crippen LogP contribution in [0.25, 0.3) is 0 Å². The van der Waals surface area contributed by atoms with Crippen molar-refractivity contribution in [1.29, 1.82) is 0 Å². The third-order valence-electron chi connectivity index (χ3n) is 4.50. The molecule has 5 atom stereocenters. The molecule has 0 aliphatic carbocycles. The molecule has 114 valence electrons. The molecule has 0 amide bonds. The Morgan fingerprint density at radius 3 is 2.71 bits per heavy atom. The summed E-state index contributed by atoms with van der Waals surface area (Å²) in [7, 11) is 0. The number of hydrogen-bond acceptors (Lipinski definition) is 5. The first-order chi connectivity index (χ1) is 10.0. The van der Waals surface area contributed by atoms with Crippen LogP contribution in [0.2, 0.25) is 0 Å². The highest BCUT2D eigenvalue weighted by Gasteiger charge is 2.60. The Hall–Kier alpha value is -0.980. The van der Waals surface area contributed by atoms with Crippen molar-refractivity contribution in [2.24, 2.45) is 0 Å². The van der Waals surface area contributed by atoms with E-state index in [1.54, 1.807) is 0 Å². The largest absolute Gasteiger partial charge is 0.389 e. The van der Waals surface area contributed by atoms with Gasteiger partial charge in [-0.3, -0.25) is 4.90 Å². The fourth-order valence-electron chi connectivity index (χ4n) is 3.70. The lowest BCUT2D eigenvalue weighted by atomic mass is 10.1. The second kappa shape index (κ2) is 4.76. The number of benzene rings is 1. The van der Waals surface area contributed by atoms with E-state index in [9.17, 15) is 5.11 Å². The molecule has 3 saturated heterocycles. The van der Waals surface area contributed by atoms with Crippen LogP contribution in [-0.4, -0.2) is 53.0 Å². The molecule has 21 heavy (non-hydrogen) atoms. The molecule has 1 aromatic carbocycles. The van der Waals surface area contributed by atoms with E-state index in [2.05, 4.69) is 17.0 Å². The predicted octanol–water partition coefficient (Wildman–Crippen LogP) is 1.11. The normalized spacial score (nSPS) is 41.2. The predicted molar refractivity (Wildman–Crippen MR) is 75.3 cm³/mol. The Kier molecular flexibility index (Phi) is 3.10. The summed E-state index contributed by atoms with van der Waals surface area (Å²) in [6, 6.07) is 10.3. The molecule has 5 nitrogen and oxygen atoms in total. The van der Waals surface area contributed by atoms with Gasteiger partial charge in [-0.15, -0.1) is 0 Å². The maximum Gasteiger partial charge on any atom is 0.189 e. The molecule has 3 fully saturated rings. The first-order valence-electron chi connectivity index (χ1n) is 7.51. The third kappa shape index (κ3) is 2.29. The summed E-state index contributed by atoms with van der Waals surface area (Å²) >= 11 is 0. The van der Waals surface area contributed by atoms with Gasteiger partial charge in [0, 0.05) is 13.1 Å². The zero-order valence-electron chi connectivity index (χ0n) is 12.3. The number of ether oxygens (including phenoxy) is 3. The van der Waals surface area contributed by atoms with Crippen LogP contribution >= 0.6 is 0 Å². The molecule has 0 aromatic heterocycles. The highest BCUT2D eigenvalue weighted by atomic mass is 16.8. The van der Waals surface area contributed by atoms with Crippen molar-refractivity contribution >= 4 is 0 Å². The lowest BCUT2D eigenvalue weighted by molar-refractivity contribution is -0.212. The molecule has 3 aliphatic heterocycles. The number of rotatable bonds is 2. The Bertz CT molecular complexity index is 520. The lowest BCUT2D eigenvalue weighted by Gasteiger charge is -2.27. The lowest BCUT2D eigenvalue weighted by Crippen LogP contribution is -2.42. The summed E-state index contributed by atoms with van der Waals surface area (Å²) in [5.41, 5.74) is 1.23. The SMILES string of the molecule is CC1(C)O[C@H]2O[C@H]3[C@H]([C@H]2O1)N(Cc1ccccc1)C[C@H]3O. The van der Waals surface area contributed by atoms with Crippen molar-refractivity contribution in [3.63, 3.8) is 0 Å². The maximum absolute atomic E-state index is 10.3. The van der Waals surface area contributed by atoms with Crippen molar-refractivity contribution in [3.8, 4) is 0 Å². The van der Waals surface area contributed by atoms with Gasteiger partial charge < -0.3 is 19.3 Å². The summed E-state index contributed by atoms with van der Waals surface area (Å²) in [6.07, 6.45) is -1.21. The van der Waals surface area contributed by atoms with Gasteiger partial charge in [-0.25, -0.2) is 0 Å². The maximum atomic E-state index is 10.3. The third-order valence-corrected chi connectivity index (χ3v) is 4.50. The number of nitrogens with zero attached hydrogens (tertiary/aromatic N) is 1. The second-order valence-electron chi connectivity index (χ2n) is 6.54. The van der Waals surface area contributed by atoms with Crippen molar-refractivity contribution < 1.29 is 19.3 Å². The van der Waals surface area contributed by atoms with E-state index in [1.807, 2.05) is 32.0 Å². The van der Waals surface area contributed by atoms with Crippen molar-refractivity contribution in [2.75, 3.05) is 6.54 Å². The molecule has 0 spiro atoms. The van der Waals surface area contributed by atoms with E-state index >= 15 is 0 Å². The van der Waals surface area contributed by atoms with E-state index in [0.717, 1.165) is 6.54 Å². The quantitative estimate of drug-likeness (QED) is 0.884. The summed E-state index contributed by atoms with van der Waals surface area (Å²) in [5, 5.41) is 10.3. The number of hydrogen-bond donors (Lipinski definition) is 1. The molecule has 0 saturated carbocycles. The van der Waals surface area contributed by atoms with Crippen LogP contribution in [0.4, 0.5) is 0 Å². The van der Waals surface area contributed by atoms with Crippen molar-refractivity contribution in [2.45, 2.75) is 56.8 Å². The topological polar surface area (TPSA) is 51.2 Å². The van der Waals surface area contributed by atoms with Crippen LogP contribution in [0, 0.1) is 0 Å². The molecule has 3 aliphatic rings. The van der Waals surface area contributed by atoms with Gasteiger partial charge >= 0.3 is 0 Å². The molecular formula is C16H21NO4. The number of aliphatic hydroxyl groups excluding tert-OH is 1. The summed E-state index contributed by atoms with van der Waals surface area (Å²) in [6.45, 7) is 5.19. The van der Waals surface area contributed by atoms with Crippen LogP contribution in [0.15, 0.2) is 30.3 Å². The molecule has 4 rings (SSSR count). The van der Waals surface area contributed by atoms with Crippen molar-refractivity contribution in [1.82, 2.24) is 4.90 Å². The van der Waals surface area contributed by atoms with Crippen molar-refractivity contribution in [3.05, 3.63) is 35.9 Å². The Labute approximate surface area is 124 Å². The first kappa shape index (κ1) is 13.7. The first-order valence-corrected chi connectivity index (χ1v) is 7.51. The molecule has 1 N–H and O–H groups in total. The van der Waals surface area contributed by atoms with Crippen LogP contribution in [0.1, 0.15) is 19.4 Å². The molecule has 0 radical (unpaired) electrons. The van der Waals surface area contributed by atoms with Gasteiger partial charge in [-0.2, -0.15) is 0 Å². The van der Waals surface area contributed by atoms with Gasteiger partial charge in [0.05, 0.1) is 12.1 Å². The average molecular weight is 291 g/mol. The minimum atomic E-state index is -0.619.